The molecule has 4 aromatic rings. The Hall–Kier alpha value is -3.89. The molecule has 4 heterocycles. The summed E-state index contributed by atoms with van der Waals surface area (Å²) in [7, 11) is 0. The summed E-state index contributed by atoms with van der Waals surface area (Å²) >= 11 is 6.38. The molecule has 4 aromatic heterocycles. The van der Waals surface area contributed by atoms with E-state index in [1.165, 1.54) is 41.4 Å². The van der Waals surface area contributed by atoms with E-state index in [0.29, 0.717) is 28.6 Å². The average molecular weight is 543 g/mol. The van der Waals surface area contributed by atoms with Gasteiger partial charge in [-0.05, 0) is 45.7 Å². The van der Waals surface area contributed by atoms with Gasteiger partial charge in [0.05, 0.1) is 28.1 Å². The Morgan fingerprint density at radius 1 is 1.05 bits per heavy atom. The summed E-state index contributed by atoms with van der Waals surface area (Å²) in [6.45, 7) is 7.80. The van der Waals surface area contributed by atoms with Crippen molar-refractivity contribution in [2.24, 2.45) is 0 Å². The molecule has 0 spiro atoms. The smallest absolute Gasteiger partial charge is 0.262 e. The Labute approximate surface area is 221 Å². The highest BCUT2D eigenvalue weighted by Gasteiger charge is 2.26. The van der Waals surface area contributed by atoms with Crippen molar-refractivity contribution in [3.63, 3.8) is 0 Å². The van der Waals surface area contributed by atoms with Gasteiger partial charge in [0.25, 0.3) is 11.1 Å². The van der Waals surface area contributed by atoms with Crippen LogP contribution >= 0.6 is 11.6 Å². The lowest BCUT2D eigenvalue weighted by molar-refractivity contribution is 0.0761. The molecule has 38 heavy (non-hydrogen) atoms. The Morgan fingerprint density at radius 3 is 2.39 bits per heavy atom. The van der Waals surface area contributed by atoms with Gasteiger partial charge in [-0.1, -0.05) is 11.6 Å². The third-order valence-electron chi connectivity index (χ3n) is 6.02. The van der Waals surface area contributed by atoms with Crippen LogP contribution in [0.5, 0.6) is 5.75 Å². The Bertz CT molecular complexity index is 1680. The lowest BCUT2D eigenvalue weighted by atomic mass is 9.95. The summed E-state index contributed by atoms with van der Waals surface area (Å²) in [4.78, 5) is 34.5. The van der Waals surface area contributed by atoms with Crippen molar-refractivity contribution >= 4 is 11.6 Å². The van der Waals surface area contributed by atoms with E-state index in [1.54, 1.807) is 32.9 Å². The Kier molecular flexibility index (Phi) is 7.22. The second-order valence-electron chi connectivity index (χ2n) is 9.42. The molecule has 198 valence electrons. The van der Waals surface area contributed by atoms with Crippen LogP contribution in [0, 0.1) is 32.4 Å². The van der Waals surface area contributed by atoms with E-state index in [4.69, 9.17) is 16.3 Å². The van der Waals surface area contributed by atoms with Gasteiger partial charge in [-0.25, -0.2) is 13.8 Å². The van der Waals surface area contributed by atoms with Gasteiger partial charge < -0.3 is 9.84 Å². The summed E-state index contributed by atoms with van der Waals surface area (Å²) < 4.78 is 35.2. The number of hydrogen-bond acceptors (Lipinski definition) is 6. The topological polar surface area (TPSA) is 99.2 Å². The van der Waals surface area contributed by atoms with E-state index in [0.717, 1.165) is 6.20 Å². The molecular weight excluding hydrogens is 518 g/mol. The maximum Gasteiger partial charge on any atom is 0.262 e. The van der Waals surface area contributed by atoms with Gasteiger partial charge in [0, 0.05) is 42.4 Å². The Morgan fingerprint density at radius 2 is 1.76 bits per heavy atom. The number of nitrogens with zero attached hydrogens (tertiary/aromatic N) is 4. The molecule has 0 aliphatic heterocycles. The molecule has 8 nitrogen and oxygen atoms in total. The number of halogens is 3. The first-order valence-corrected chi connectivity index (χ1v) is 11.9. The quantitative estimate of drug-likeness (QED) is 0.387. The summed E-state index contributed by atoms with van der Waals surface area (Å²) in [5.74, 6) is -1.28. The molecule has 0 aliphatic carbocycles. The van der Waals surface area contributed by atoms with Crippen LogP contribution in [0.25, 0.3) is 11.5 Å². The Balaban J connectivity index is 1.75. The molecule has 0 fully saturated rings. The van der Waals surface area contributed by atoms with Crippen molar-refractivity contribution in [1.82, 2.24) is 19.1 Å². The molecule has 4 rings (SSSR count). The standard InChI is InChI=1S/C27H25ClF2N4O4/c1-14-10-32-23(33-12-19(28)16(3)25(26(33)36)27(4,5)37)9-22(14)34-15(2)6-18(8-24(34)35)38-13-21-20(30)7-17(29)11-31-21/h6-12,37H,13H2,1-5H3. The fraction of sp³-hybridized carbons (Fsp3) is 0.259. The van der Waals surface area contributed by atoms with E-state index < -0.39 is 28.4 Å². The first-order chi connectivity index (χ1) is 17.8. The van der Waals surface area contributed by atoms with Crippen molar-refractivity contribution in [1.29, 1.82) is 0 Å². The molecule has 0 saturated carbocycles. The molecule has 1 N–H and O–H groups in total. The minimum absolute atomic E-state index is 0.101. The van der Waals surface area contributed by atoms with Gasteiger partial charge in [-0.3, -0.25) is 23.7 Å². The van der Waals surface area contributed by atoms with Crippen LogP contribution in [0.1, 0.15) is 41.9 Å². The van der Waals surface area contributed by atoms with E-state index in [-0.39, 0.29) is 34.5 Å². The molecule has 0 aromatic carbocycles. The molecule has 0 unspecified atom stereocenters. The van der Waals surface area contributed by atoms with Crippen molar-refractivity contribution < 1.29 is 18.6 Å². The third-order valence-corrected chi connectivity index (χ3v) is 6.40. The second-order valence-corrected chi connectivity index (χ2v) is 9.82. The molecule has 0 bridgehead atoms. The predicted molar refractivity (Wildman–Crippen MR) is 138 cm³/mol. The van der Waals surface area contributed by atoms with Crippen LogP contribution in [0.15, 0.2) is 52.4 Å². The van der Waals surface area contributed by atoms with Gasteiger partial charge >= 0.3 is 0 Å². The van der Waals surface area contributed by atoms with Gasteiger partial charge in [0.15, 0.2) is 5.82 Å². The third kappa shape index (κ3) is 5.23. The maximum atomic E-state index is 13.9. The number of rotatable bonds is 6. The summed E-state index contributed by atoms with van der Waals surface area (Å²) in [5.41, 5.74) is -0.278. The molecule has 0 saturated heterocycles. The van der Waals surface area contributed by atoms with Crippen LogP contribution in [0.3, 0.4) is 0 Å². The second kappa shape index (κ2) is 10.1. The molecule has 0 radical (unpaired) electrons. The lowest BCUT2D eigenvalue weighted by Crippen LogP contribution is -2.33. The number of hydrogen-bond donors (Lipinski definition) is 1. The van der Waals surface area contributed by atoms with Gasteiger partial charge in [0.1, 0.15) is 29.7 Å². The van der Waals surface area contributed by atoms with Crippen LogP contribution in [0.2, 0.25) is 5.02 Å². The number of aliphatic hydroxyl groups is 1. The largest absolute Gasteiger partial charge is 0.487 e. The highest BCUT2D eigenvalue weighted by molar-refractivity contribution is 6.31. The minimum Gasteiger partial charge on any atom is -0.487 e. The maximum absolute atomic E-state index is 13.9. The fourth-order valence-electron chi connectivity index (χ4n) is 4.20. The number of ether oxygens (including phenoxy) is 1. The van der Waals surface area contributed by atoms with E-state index >= 15 is 0 Å². The summed E-state index contributed by atoms with van der Waals surface area (Å²) in [6.07, 6.45) is 3.82. The van der Waals surface area contributed by atoms with Crippen molar-refractivity contribution in [2.75, 3.05) is 0 Å². The van der Waals surface area contributed by atoms with Gasteiger partial charge in [-0.2, -0.15) is 0 Å². The van der Waals surface area contributed by atoms with Crippen LogP contribution < -0.4 is 15.9 Å². The number of pyridine rings is 4. The zero-order valence-corrected chi connectivity index (χ0v) is 22.1. The van der Waals surface area contributed by atoms with Crippen molar-refractivity contribution in [3.05, 3.63) is 108 Å². The zero-order valence-electron chi connectivity index (χ0n) is 21.3. The lowest BCUT2D eigenvalue weighted by Gasteiger charge is -2.22. The summed E-state index contributed by atoms with van der Waals surface area (Å²) in [5, 5.41) is 10.8. The summed E-state index contributed by atoms with van der Waals surface area (Å²) in [6, 6.07) is 5.10. The minimum atomic E-state index is -1.45. The van der Waals surface area contributed by atoms with Gasteiger partial charge in [-0.15, -0.1) is 0 Å². The molecule has 0 atom stereocenters. The highest BCUT2D eigenvalue weighted by atomic mass is 35.5. The van der Waals surface area contributed by atoms with E-state index in [2.05, 4.69) is 9.97 Å². The normalized spacial score (nSPS) is 11.6. The van der Waals surface area contributed by atoms with Crippen molar-refractivity contribution in [3.8, 4) is 17.3 Å². The monoisotopic (exact) mass is 542 g/mol. The van der Waals surface area contributed by atoms with Crippen molar-refractivity contribution in [2.45, 2.75) is 46.8 Å². The predicted octanol–water partition coefficient (Wildman–Crippen LogP) is 4.44. The van der Waals surface area contributed by atoms with E-state index in [9.17, 15) is 23.5 Å². The van der Waals surface area contributed by atoms with Crippen LogP contribution in [0.4, 0.5) is 8.78 Å². The first kappa shape index (κ1) is 27.2. The van der Waals surface area contributed by atoms with E-state index in [1.807, 2.05) is 0 Å². The van der Waals surface area contributed by atoms with Crippen LogP contribution in [-0.2, 0) is 12.2 Å². The number of aromatic nitrogens is 4. The number of aryl methyl sites for hydroxylation is 2. The first-order valence-electron chi connectivity index (χ1n) is 11.6. The average Bonchev–Trinajstić information content (AvgIpc) is 2.81. The SMILES string of the molecule is Cc1cnc(-n2cc(Cl)c(C)c(C(C)(C)O)c2=O)cc1-n1c(C)cc(OCc2ncc(F)cc2F)cc1=O. The molecule has 11 heteroatoms. The zero-order chi connectivity index (χ0) is 27.9. The molecular formula is C27H25ClF2N4O4. The molecule has 0 amide bonds. The van der Waals surface area contributed by atoms with Gasteiger partial charge in [0.2, 0.25) is 0 Å². The fourth-order valence-corrected chi connectivity index (χ4v) is 4.39. The highest BCUT2D eigenvalue weighted by Crippen LogP contribution is 2.27. The molecule has 0 aliphatic rings. The van der Waals surface area contributed by atoms with Crippen LogP contribution in [-0.4, -0.2) is 24.2 Å².